The lowest BCUT2D eigenvalue weighted by atomic mass is 9.86. The maximum Gasteiger partial charge on any atom is 0.0403 e. The van der Waals surface area contributed by atoms with Gasteiger partial charge in [-0.2, -0.15) is 0 Å². The van der Waals surface area contributed by atoms with Gasteiger partial charge < -0.3 is 4.90 Å². The number of benzene rings is 1. The van der Waals surface area contributed by atoms with Gasteiger partial charge in [-0.1, -0.05) is 37.1 Å². The first-order chi connectivity index (χ1) is 7.77. The predicted molar refractivity (Wildman–Crippen MR) is 70.6 cm³/mol. The molecule has 0 aliphatic heterocycles. The highest BCUT2D eigenvalue weighted by molar-refractivity contribution is 5.48. The number of allylic oxidation sites excluding steroid dienone is 1. The Bertz CT molecular complexity index is 353. The van der Waals surface area contributed by atoms with E-state index in [-0.39, 0.29) is 0 Å². The number of rotatable bonds is 2. The first-order valence-electron chi connectivity index (χ1n) is 6.26. The Hall–Kier alpha value is -1.24. The van der Waals surface area contributed by atoms with Crippen LogP contribution in [0.4, 0.5) is 5.69 Å². The fraction of sp³-hybridized carbons (Fsp3) is 0.467. The molecule has 1 aromatic carbocycles. The summed E-state index contributed by atoms with van der Waals surface area (Å²) in [5.74, 6) is 0.764. The summed E-state index contributed by atoms with van der Waals surface area (Å²) in [7, 11) is 2.14. The van der Waals surface area contributed by atoms with E-state index in [4.69, 9.17) is 0 Å². The van der Waals surface area contributed by atoms with Gasteiger partial charge >= 0.3 is 0 Å². The largest absolute Gasteiger partial charge is 0.351 e. The molecule has 1 fully saturated rings. The van der Waals surface area contributed by atoms with Crippen molar-refractivity contribution in [2.75, 3.05) is 11.9 Å². The van der Waals surface area contributed by atoms with Gasteiger partial charge in [0.15, 0.2) is 0 Å². The third-order valence-electron chi connectivity index (χ3n) is 3.51. The molecule has 0 bridgehead atoms. The van der Waals surface area contributed by atoms with Crippen LogP contribution in [0.15, 0.2) is 42.1 Å². The fourth-order valence-electron chi connectivity index (χ4n) is 2.39. The van der Waals surface area contributed by atoms with Crippen LogP contribution in [0.25, 0.3) is 0 Å². The minimum Gasteiger partial charge on any atom is -0.351 e. The lowest BCUT2D eigenvalue weighted by Crippen LogP contribution is -2.14. The van der Waals surface area contributed by atoms with Crippen molar-refractivity contribution >= 4 is 5.69 Å². The molecule has 1 unspecified atom stereocenters. The van der Waals surface area contributed by atoms with Crippen molar-refractivity contribution in [2.24, 2.45) is 5.92 Å². The molecule has 0 N–H and O–H groups in total. The smallest absolute Gasteiger partial charge is 0.0403 e. The minimum atomic E-state index is 0.764. The van der Waals surface area contributed by atoms with Crippen molar-refractivity contribution in [1.82, 2.24) is 0 Å². The Morgan fingerprint density at radius 2 is 1.94 bits per heavy atom. The van der Waals surface area contributed by atoms with Crippen LogP contribution >= 0.6 is 0 Å². The van der Waals surface area contributed by atoms with E-state index in [1.54, 1.807) is 5.57 Å². The maximum atomic E-state index is 2.35. The average Bonchev–Trinajstić information content (AvgIpc) is 2.33. The highest BCUT2D eigenvalue weighted by atomic mass is 15.1. The normalized spacial score (nSPS) is 23.4. The lowest BCUT2D eigenvalue weighted by molar-refractivity contribution is 0.482. The van der Waals surface area contributed by atoms with E-state index in [1.165, 1.54) is 31.4 Å². The molecule has 86 valence electrons. The van der Waals surface area contributed by atoms with Crippen molar-refractivity contribution in [3.8, 4) is 0 Å². The quantitative estimate of drug-likeness (QED) is 0.714. The zero-order valence-corrected chi connectivity index (χ0v) is 10.3. The van der Waals surface area contributed by atoms with Crippen molar-refractivity contribution in [3.63, 3.8) is 0 Å². The second-order valence-corrected chi connectivity index (χ2v) is 4.80. The molecule has 2 rings (SSSR count). The van der Waals surface area contributed by atoms with Crippen molar-refractivity contribution in [1.29, 1.82) is 0 Å². The zero-order valence-electron chi connectivity index (χ0n) is 10.3. The van der Waals surface area contributed by atoms with Gasteiger partial charge in [0.25, 0.3) is 0 Å². The van der Waals surface area contributed by atoms with Gasteiger partial charge in [0, 0.05) is 18.9 Å². The van der Waals surface area contributed by atoms with Crippen LogP contribution < -0.4 is 4.90 Å². The number of nitrogens with zero attached hydrogens (tertiary/aromatic N) is 1. The highest BCUT2D eigenvalue weighted by Crippen LogP contribution is 2.29. The Balaban J connectivity index is 2.10. The molecule has 1 aliphatic carbocycles. The first kappa shape index (κ1) is 11.3. The summed E-state index contributed by atoms with van der Waals surface area (Å²) in [6, 6.07) is 10.6. The van der Waals surface area contributed by atoms with Crippen LogP contribution in [0.2, 0.25) is 0 Å². The number of para-hydroxylation sites is 1. The summed E-state index contributed by atoms with van der Waals surface area (Å²) in [5.41, 5.74) is 2.88. The number of hydrogen-bond acceptors (Lipinski definition) is 1. The molecule has 1 aliphatic rings. The molecule has 0 heterocycles. The molecule has 1 heteroatoms. The molecule has 0 saturated heterocycles. The van der Waals surface area contributed by atoms with Crippen molar-refractivity contribution in [2.45, 2.75) is 32.6 Å². The zero-order chi connectivity index (χ0) is 11.4. The topological polar surface area (TPSA) is 3.24 Å². The molecule has 1 nitrogen and oxygen atoms in total. The van der Waals surface area contributed by atoms with Crippen LogP contribution in [-0.4, -0.2) is 7.05 Å². The van der Waals surface area contributed by atoms with E-state index in [1.807, 2.05) is 0 Å². The third kappa shape index (κ3) is 2.66. The van der Waals surface area contributed by atoms with E-state index < -0.39 is 0 Å². The summed E-state index contributed by atoms with van der Waals surface area (Å²) < 4.78 is 0. The van der Waals surface area contributed by atoms with Gasteiger partial charge in [0.2, 0.25) is 0 Å². The molecule has 1 atom stereocenters. The van der Waals surface area contributed by atoms with Crippen LogP contribution in [0.3, 0.4) is 0 Å². The number of anilines is 1. The lowest BCUT2D eigenvalue weighted by Gasteiger charge is -2.24. The first-order valence-corrected chi connectivity index (χ1v) is 6.26. The Morgan fingerprint density at radius 1 is 1.19 bits per heavy atom. The van der Waals surface area contributed by atoms with Crippen LogP contribution in [0, 0.1) is 5.92 Å². The van der Waals surface area contributed by atoms with E-state index in [0.29, 0.717) is 0 Å². The van der Waals surface area contributed by atoms with Gasteiger partial charge in [-0.3, -0.25) is 0 Å². The van der Waals surface area contributed by atoms with Gasteiger partial charge in [-0.05, 0) is 37.3 Å². The van der Waals surface area contributed by atoms with E-state index in [9.17, 15) is 0 Å². The molecule has 1 saturated carbocycles. The summed E-state index contributed by atoms with van der Waals surface area (Å²) in [6.07, 6.45) is 7.72. The second-order valence-electron chi connectivity index (χ2n) is 4.80. The molecule has 0 radical (unpaired) electrons. The highest BCUT2D eigenvalue weighted by Gasteiger charge is 2.14. The Kier molecular flexibility index (Phi) is 3.66. The molecule has 1 aromatic rings. The predicted octanol–water partition coefficient (Wildman–Crippen LogP) is 4.22. The average molecular weight is 215 g/mol. The van der Waals surface area contributed by atoms with E-state index in [0.717, 1.165) is 5.92 Å². The van der Waals surface area contributed by atoms with Crippen molar-refractivity contribution in [3.05, 3.63) is 42.1 Å². The van der Waals surface area contributed by atoms with Crippen LogP contribution in [0.5, 0.6) is 0 Å². The Labute approximate surface area is 98.8 Å². The molecule has 16 heavy (non-hydrogen) atoms. The second kappa shape index (κ2) is 5.20. The fourth-order valence-corrected chi connectivity index (χ4v) is 2.39. The van der Waals surface area contributed by atoms with Gasteiger partial charge in [-0.15, -0.1) is 0 Å². The summed E-state index contributed by atoms with van der Waals surface area (Å²) in [4.78, 5) is 2.25. The summed E-state index contributed by atoms with van der Waals surface area (Å²) in [5, 5.41) is 0. The SMILES string of the molecule is CC1CCCC/C1=C\N(C)c1ccccc1. The van der Waals surface area contributed by atoms with Crippen LogP contribution in [-0.2, 0) is 0 Å². The molecule has 0 spiro atoms. The van der Waals surface area contributed by atoms with Gasteiger partial charge in [-0.25, -0.2) is 0 Å². The van der Waals surface area contributed by atoms with Gasteiger partial charge in [0.1, 0.15) is 0 Å². The van der Waals surface area contributed by atoms with Crippen LogP contribution in [0.1, 0.15) is 32.6 Å². The Morgan fingerprint density at radius 3 is 2.62 bits per heavy atom. The van der Waals surface area contributed by atoms with Gasteiger partial charge in [0.05, 0.1) is 0 Å². The molecular weight excluding hydrogens is 194 g/mol. The minimum absolute atomic E-state index is 0.764. The van der Waals surface area contributed by atoms with Crippen molar-refractivity contribution < 1.29 is 0 Å². The maximum absolute atomic E-state index is 2.35. The monoisotopic (exact) mass is 215 g/mol. The summed E-state index contributed by atoms with van der Waals surface area (Å²) >= 11 is 0. The third-order valence-corrected chi connectivity index (χ3v) is 3.51. The molecule has 0 aromatic heterocycles. The number of hydrogen-bond donors (Lipinski definition) is 0. The molecule has 0 amide bonds. The molecular formula is C15H21N. The van der Waals surface area contributed by atoms with E-state index >= 15 is 0 Å². The standard InChI is InChI=1S/C15H21N/c1-13-8-6-7-9-14(13)12-16(2)15-10-4-3-5-11-15/h3-5,10-13H,6-9H2,1-2H3/b14-12+. The van der Waals surface area contributed by atoms with E-state index in [2.05, 4.69) is 55.4 Å². The summed E-state index contributed by atoms with van der Waals surface area (Å²) in [6.45, 7) is 2.35.